The number of hydrogen-bond acceptors (Lipinski definition) is 5. The summed E-state index contributed by atoms with van der Waals surface area (Å²) in [5.74, 6) is -0.284. The molecule has 27 heavy (non-hydrogen) atoms. The first-order valence-electron chi connectivity index (χ1n) is 9.21. The van der Waals surface area contributed by atoms with E-state index in [0.717, 1.165) is 12.0 Å². The second kappa shape index (κ2) is 11.9. The second-order valence-electron chi connectivity index (χ2n) is 6.32. The molecule has 0 aliphatic carbocycles. The van der Waals surface area contributed by atoms with Gasteiger partial charge in [-0.25, -0.2) is 0 Å². The highest BCUT2D eigenvalue weighted by Crippen LogP contribution is 2.14. The number of benzene rings is 1. The highest BCUT2D eigenvalue weighted by Gasteiger charge is 2.15. The van der Waals surface area contributed by atoms with Gasteiger partial charge in [0.05, 0.1) is 13.0 Å². The summed E-state index contributed by atoms with van der Waals surface area (Å²) < 4.78 is 10.5. The molecule has 148 valence electrons. The topological polar surface area (TPSA) is 72.9 Å². The number of carbonyl (C=O) groups excluding carboxylic acids is 3. The molecule has 0 radical (unpaired) electrons. The minimum atomic E-state index is -0.564. The molecular formula is C21H29NO5. The Labute approximate surface area is 161 Å². The van der Waals surface area contributed by atoms with E-state index >= 15 is 0 Å². The minimum absolute atomic E-state index is 0.0332. The number of carbonyl (C=O) groups is 3. The average Bonchev–Trinajstić information content (AvgIpc) is 2.66. The first kappa shape index (κ1) is 22.4. The van der Waals surface area contributed by atoms with Gasteiger partial charge >= 0.3 is 5.97 Å². The predicted octanol–water partition coefficient (Wildman–Crippen LogP) is 3.41. The van der Waals surface area contributed by atoms with Crippen molar-refractivity contribution in [2.75, 3.05) is 26.3 Å². The number of esters is 1. The van der Waals surface area contributed by atoms with Gasteiger partial charge in [0.1, 0.15) is 5.75 Å². The molecule has 0 atom stereocenters. The molecule has 0 saturated heterocycles. The fourth-order valence-electron chi connectivity index (χ4n) is 2.32. The van der Waals surface area contributed by atoms with Gasteiger partial charge in [-0.1, -0.05) is 19.1 Å². The Morgan fingerprint density at radius 3 is 2.30 bits per heavy atom. The van der Waals surface area contributed by atoms with Crippen LogP contribution in [0.2, 0.25) is 0 Å². The molecule has 0 N–H and O–H groups in total. The summed E-state index contributed by atoms with van der Waals surface area (Å²) >= 11 is 0. The lowest BCUT2D eigenvalue weighted by Crippen LogP contribution is -2.35. The molecule has 1 aromatic carbocycles. The normalized spacial score (nSPS) is 10.2. The number of nitrogens with zero attached hydrogens (tertiary/aromatic N) is 1. The zero-order valence-corrected chi connectivity index (χ0v) is 16.5. The van der Waals surface area contributed by atoms with Crippen molar-refractivity contribution >= 4 is 17.7 Å². The van der Waals surface area contributed by atoms with Crippen LogP contribution in [0.15, 0.2) is 36.4 Å². The largest absolute Gasteiger partial charge is 0.494 e. The van der Waals surface area contributed by atoms with Gasteiger partial charge in [-0.3, -0.25) is 14.4 Å². The summed E-state index contributed by atoms with van der Waals surface area (Å²) in [7, 11) is 0. The number of ether oxygens (including phenoxy) is 2. The van der Waals surface area contributed by atoms with E-state index < -0.39 is 5.97 Å². The standard InChI is InChI=1S/C21H29NO5/c1-5-13-26-18-9-7-17(8-10-18)19(23)11-12-21(25)27-15-20(24)22(6-2)14-16(3)4/h7-10H,3,5-6,11-15H2,1-2,4H3. The lowest BCUT2D eigenvalue weighted by molar-refractivity contribution is -0.151. The van der Waals surface area contributed by atoms with Crippen LogP contribution in [0.3, 0.4) is 0 Å². The van der Waals surface area contributed by atoms with E-state index in [2.05, 4.69) is 6.58 Å². The number of amides is 1. The third-order valence-corrected chi connectivity index (χ3v) is 3.76. The smallest absolute Gasteiger partial charge is 0.306 e. The van der Waals surface area contributed by atoms with E-state index in [0.29, 0.717) is 31.0 Å². The molecule has 0 unspecified atom stereocenters. The van der Waals surface area contributed by atoms with Crippen LogP contribution in [0.5, 0.6) is 5.75 Å². The van der Waals surface area contributed by atoms with Crippen LogP contribution in [0.25, 0.3) is 0 Å². The molecule has 1 amide bonds. The van der Waals surface area contributed by atoms with Crippen LogP contribution in [-0.2, 0) is 14.3 Å². The lowest BCUT2D eigenvalue weighted by atomic mass is 10.1. The first-order valence-corrected chi connectivity index (χ1v) is 9.21. The molecule has 0 aliphatic heterocycles. The number of Topliss-reactive ketones (excluding diaryl/α,β-unsaturated/α-hetero) is 1. The van der Waals surface area contributed by atoms with Crippen LogP contribution in [0.1, 0.15) is 50.4 Å². The third-order valence-electron chi connectivity index (χ3n) is 3.76. The van der Waals surface area contributed by atoms with Gasteiger partial charge in [-0.15, -0.1) is 0 Å². The summed E-state index contributed by atoms with van der Waals surface area (Å²) in [5.41, 5.74) is 1.37. The maximum absolute atomic E-state index is 12.2. The summed E-state index contributed by atoms with van der Waals surface area (Å²) in [5, 5.41) is 0. The fourth-order valence-corrected chi connectivity index (χ4v) is 2.32. The third kappa shape index (κ3) is 8.53. The molecule has 0 heterocycles. The van der Waals surface area contributed by atoms with E-state index in [1.54, 1.807) is 29.2 Å². The van der Waals surface area contributed by atoms with Gasteiger partial charge in [-0.2, -0.15) is 0 Å². The SMILES string of the molecule is C=C(C)CN(CC)C(=O)COC(=O)CCC(=O)c1ccc(OCCC)cc1. The zero-order valence-electron chi connectivity index (χ0n) is 16.5. The lowest BCUT2D eigenvalue weighted by Gasteiger charge is -2.20. The van der Waals surface area contributed by atoms with Crippen LogP contribution in [0, 0.1) is 0 Å². The molecule has 6 nitrogen and oxygen atoms in total. The maximum atomic E-state index is 12.2. The van der Waals surface area contributed by atoms with Crippen molar-refractivity contribution in [1.82, 2.24) is 4.90 Å². The first-order chi connectivity index (χ1) is 12.9. The number of ketones is 1. The summed E-state index contributed by atoms with van der Waals surface area (Å²) in [6, 6.07) is 6.83. The maximum Gasteiger partial charge on any atom is 0.306 e. The molecule has 0 fully saturated rings. The van der Waals surface area contributed by atoms with E-state index in [1.165, 1.54) is 0 Å². The molecule has 0 saturated carbocycles. The van der Waals surface area contributed by atoms with Gasteiger partial charge in [0, 0.05) is 25.1 Å². The number of hydrogen-bond donors (Lipinski definition) is 0. The van der Waals surface area contributed by atoms with Crippen molar-refractivity contribution in [3.8, 4) is 5.75 Å². The second-order valence-corrected chi connectivity index (χ2v) is 6.32. The van der Waals surface area contributed by atoms with Gasteiger partial charge in [0.25, 0.3) is 5.91 Å². The Balaban J connectivity index is 2.39. The Morgan fingerprint density at radius 2 is 1.74 bits per heavy atom. The quantitative estimate of drug-likeness (QED) is 0.318. The summed E-state index contributed by atoms with van der Waals surface area (Å²) in [6.45, 7) is 10.7. The van der Waals surface area contributed by atoms with Crippen LogP contribution in [0.4, 0.5) is 0 Å². The van der Waals surface area contributed by atoms with Gasteiger partial charge in [-0.05, 0) is 44.5 Å². The molecule has 0 aliphatic rings. The molecular weight excluding hydrogens is 346 g/mol. The molecule has 0 bridgehead atoms. The Kier molecular flexibility index (Phi) is 9.86. The zero-order chi connectivity index (χ0) is 20.2. The molecule has 0 spiro atoms. The molecule has 1 rings (SSSR count). The van der Waals surface area contributed by atoms with Crippen LogP contribution in [-0.4, -0.2) is 48.9 Å². The van der Waals surface area contributed by atoms with Crippen molar-refractivity contribution in [1.29, 1.82) is 0 Å². The van der Waals surface area contributed by atoms with Gasteiger partial charge in [0.2, 0.25) is 0 Å². The van der Waals surface area contributed by atoms with Crippen molar-refractivity contribution in [3.63, 3.8) is 0 Å². The number of rotatable bonds is 12. The Bertz CT molecular complexity index is 651. The van der Waals surface area contributed by atoms with Gasteiger partial charge < -0.3 is 14.4 Å². The van der Waals surface area contributed by atoms with Crippen LogP contribution >= 0.6 is 0 Å². The molecule has 6 heteroatoms. The van der Waals surface area contributed by atoms with E-state index in [1.807, 2.05) is 20.8 Å². The van der Waals surface area contributed by atoms with Gasteiger partial charge in [0.15, 0.2) is 12.4 Å². The van der Waals surface area contributed by atoms with Crippen molar-refractivity contribution in [2.45, 2.75) is 40.0 Å². The van der Waals surface area contributed by atoms with E-state index in [9.17, 15) is 14.4 Å². The predicted molar refractivity (Wildman–Crippen MR) is 104 cm³/mol. The van der Waals surface area contributed by atoms with E-state index in [-0.39, 0.29) is 31.1 Å². The van der Waals surface area contributed by atoms with Crippen LogP contribution < -0.4 is 4.74 Å². The van der Waals surface area contributed by atoms with E-state index in [4.69, 9.17) is 9.47 Å². The fraction of sp³-hybridized carbons (Fsp3) is 0.476. The molecule has 0 aromatic heterocycles. The summed E-state index contributed by atoms with van der Waals surface area (Å²) in [4.78, 5) is 37.5. The highest BCUT2D eigenvalue weighted by molar-refractivity contribution is 5.97. The minimum Gasteiger partial charge on any atom is -0.494 e. The summed E-state index contributed by atoms with van der Waals surface area (Å²) in [6.07, 6.45) is 0.882. The average molecular weight is 375 g/mol. The number of likely N-dealkylation sites (N-methyl/N-ethyl adjacent to an activating group) is 1. The molecule has 1 aromatic rings. The highest BCUT2D eigenvalue weighted by atomic mass is 16.5. The monoisotopic (exact) mass is 375 g/mol. The Morgan fingerprint density at radius 1 is 1.07 bits per heavy atom. The van der Waals surface area contributed by atoms with Crippen molar-refractivity contribution < 1.29 is 23.9 Å². The Hall–Kier alpha value is -2.63. The van der Waals surface area contributed by atoms with Crippen molar-refractivity contribution in [3.05, 3.63) is 42.0 Å². The van der Waals surface area contributed by atoms with Crippen molar-refractivity contribution in [2.24, 2.45) is 0 Å².